The molecule has 188 valence electrons. The number of pyridine rings is 1. The SMILES string of the molecule is O=C(NS(=O)(=O)c1cccc(N2CC[C@H](O)C2)n1)C1(Oc2cc(Cl)ccc2OC2CCCC2)CC1. The van der Waals surface area contributed by atoms with Crippen LogP contribution in [0.4, 0.5) is 5.82 Å². The smallest absolute Gasteiger partial charge is 0.281 e. The molecule has 2 heterocycles. The molecule has 1 amide bonds. The predicted octanol–water partition coefficient (Wildman–Crippen LogP) is 3.04. The van der Waals surface area contributed by atoms with E-state index < -0.39 is 27.6 Å². The van der Waals surface area contributed by atoms with Crippen LogP contribution >= 0.6 is 11.6 Å². The molecule has 0 bridgehead atoms. The molecule has 11 heteroatoms. The van der Waals surface area contributed by atoms with Gasteiger partial charge in [0.1, 0.15) is 5.82 Å². The summed E-state index contributed by atoms with van der Waals surface area (Å²) >= 11 is 6.17. The number of nitrogens with one attached hydrogen (secondary N) is 1. The molecule has 1 aliphatic heterocycles. The summed E-state index contributed by atoms with van der Waals surface area (Å²) in [6.45, 7) is 0.955. The van der Waals surface area contributed by atoms with E-state index in [1.807, 2.05) is 4.90 Å². The zero-order chi connectivity index (χ0) is 24.6. The van der Waals surface area contributed by atoms with Gasteiger partial charge in [-0.05, 0) is 56.4 Å². The second-order valence-electron chi connectivity index (χ2n) is 9.37. The van der Waals surface area contributed by atoms with Gasteiger partial charge in [0.2, 0.25) is 0 Å². The van der Waals surface area contributed by atoms with Crippen molar-refractivity contribution in [3.05, 3.63) is 41.4 Å². The zero-order valence-corrected chi connectivity index (χ0v) is 20.7. The Morgan fingerprint density at radius 3 is 2.60 bits per heavy atom. The van der Waals surface area contributed by atoms with Crippen LogP contribution in [0, 0.1) is 0 Å². The standard InChI is InChI=1S/C24H28ClN3O6S/c25-16-8-9-19(33-18-4-1-2-5-18)20(14-16)34-24(11-12-24)23(30)27-35(31,32)22-7-3-6-21(26-22)28-13-10-17(29)15-28/h3,6-9,14,17-18,29H,1-2,4-5,10-13,15H2,(H,27,30)/t17-/m0/s1. The Bertz CT molecular complexity index is 1210. The van der Waals surface area contributed by atoms with Gasteiger partial charge in [-0.1, -0.05) is 17.7 Å². The van der Waals surface area contributed by atoms with Crippen LogP contribution in [-0.2, 0) is 14.8 Å². The topological polar surface area (TPSA) is 118 Å². The predicted molar refractivity (Wildman–Crippen MR) is 129 cm³/mol. The Balaban J connectivity index is 1.31. The molecule has 1 aromatic heterocycles. The van der Waals surface area contributed by atoms with Gasteiger partial charge in [-0.3, -0.25) is 4.79 Å². The summed E-state index contributed by atoms with van der Waals surface area (Å²) < 4.78 is 40.3. The number of benzene rings is 1. The lowest BCUT2D eigenvalue weighted by Crippen LogP contribution is -2.43. The van der Waals surface area contributed by atoms with Crippen molar-refractivity contribution in [2.24, 2.45) is 0 Å². The number of aliphatic hydroxyl groups excluding tert-OH is 1. The van der Waals surface area contributed by atoms with Crippen molar-refractivity contribution in [1.29, 1.82) is 0 Å². The number of halogens is 1. The molecule has 0 spiro atoms. The fourth-order valence-corrected chi connectivity index (χ4v) is 5.66. The average molecular weight is 522 g/mol. The highest BCUT2D eigenvalue weighted by molar-refractivity contribution is 7.90. The number of nitrogens with zero attached hydrogens (tertiary/aromatic N) is 2. The number of β-amino-alcohol motifs (C(OH)–C–C–N with tert-alkyl or cyclic N) is 1. The van der Waals surface area contributed by atoms with E-state index in [4.69, 9.17) is 21.1 Å². The molecular formula is C24H28ClN3O6S. The third-order valence-electron chi connectivity index (χ3n) is 6.62. The van der Waals surface area contributed by atoms with E-state index in [1.54, 1.807) is 30.3 Å². The fraction of sp³-hybridized carbons (Fsp3) is 0.500. The first-order chi connectivity index (χ1) is 16.7. The van der Waals surface area contributed by atoms with E-state index in [1.165, 1.54) is 6.07 Å². The van der Waals surface area contributed by atoms with Crippen molar-refractivity contribution in [1.82, 2.24) is 9.71 Å². The van der Waals surface area contributed by atoms with E-state index >= 15 is 0 Å². The summed E-state index contributed by atoms with van der Waals surface area (Å²) in [6, 6.07) is 9.56. The second-order valence-corrected chi connectivity index (χ2v) is 11.4. The summed E-state index contributed by atoms with van der Waals surface area (Å²) in [5.74, 6) is 0.488. The highest BCUT2D eigenvalue weighted by Gasteiger charge is 2.54. The maximum Gasteiger partial charge on any atom is 0.281 e. The van der Waals surface area contributed by atoms with Gasteiger partial charge in [0, 0.05) is 37.0 Å². The van der Waals surface area contributed by atoms with Gasteiger partial charge in [-0.15, -0.1) is 0 Å². The molecular weight excluding hydrogens is 494 g/mol. The quantitative estimate of drug-likeness (QED) is 0.544. The van der Waals surface area contributed by atoms with Gasteiger partial charge < -0.3 is 19.5 Å². The Labute approximate surface area is 209 Å². The number of amides is 1. The second kappa shape index (κ2) is 9.48. The van der Waals surface area contributed by atoms with Crippen LogP contribution in [-0.4, -0.2) is 55.3 Å². The molecule has 1 saturated heterocycles. The lowest BCUT2D eigenvalue weighted by molar-refractivity contribution is -0.128. The van der Waals surface area contributed by atoms with Gasteiger partial charge in [-0.25, -0.2) is 9.71 Å². The van der Waals surface area contributed by atoms with Gasteiger partial charge in [0.25, 0.3) is 15.9 Å². The minimum absolute atomic E-state index is 0.0814. The number of ether oxygens (including phenoxy) is 2. The van der Waals surface area contributed by atoms with Crippen LogP contribution in [0.1, 0.15) is 44.9 Å². The third-order valence-corrected chi connectivity index (χ3v) is 8.09. The zero-order valence-electron chi connectivity index (χ0n) is 19.2. The average Bonchev–Trinajstić information content (AvgIpc) is 3.20. The summed E-state index contributed by atoms with van der Waals surface area (Å²) in [7, 11) is -4.23. The van der Waals surface area contributed by atoms with E-state index in [2.05, 4.69) is 9.71 Å². The molecule has 1 atom stereocenters. The van der Waals surface area contributed by atoms with E-state index in [0.717, 1.165) is 25.7 Å². The van der Waals surface area contributed by atoms with Crippen molar-refractivity contribution in [3.8, 4) is 11.5 Å². The summed E-state index contributed by atoms with van der Waals surface area (Å²) in [6.07, 6.45) is 5.04. The molecule has 2 saturated carbocycles. The van der Waals surface area contributed by atoms with Gasteiger partial charge in [-0.2, -0.15) is 8.42 Å². The third kappa shape index (κ3) is 5.34. The summed E-state index contributed by atoms with van der Waals surface area (Å²) in [5, 5.41) is 9.92. The first-order valence-corrected chi connectivity index (χ1v) is 13.7. The molecule has 0 radical (unpaired) electrons. The van der Waals surface area contributed by atoms with Crippen molar-refractivity contribution in [2.75, 3.05) is 18.0 Å². The summed E-state index contributed by atoms with van der Waals surface area (Å²) in [5.41, 5.74) is -1.32. The van der Waals surface area contributed by atoms with E-state index in [9.17, 15) is 18.3 Å². The van der Waals surface area contributed by atoms with Crippen LogP contribution < -0.4 is 19.1 Å². The Hall–Kier alpha value is -2.56. The molecule has 1 aromatic carbocycles. The number of anilines is 1. The lowest BCUT2D eigenvalue weighted by atomic mass is 10.2. The lowest BCUT2D eigenvalue weighted by Gasteiger charge is -2.22. The van der Waals surface area contributed by atoms with Gasteiger partial charge in [0.15, 0.2) is 22.1 Å². The number of carbonyl (C=O) groups excluding carboxylic acids is 1. The number of aromatic nitrogens is 1. The number of hydrogen-bond donors (Lipinski definition) is 2. The minimum Gasteiger partial charge on any atom is -0.487 e. The number of hydrogen-bond acceptors (Lipinski definition) is 8. The van der Waals surface area contributed by atoms with E-state index in [-0.39, 0.29) is 11.1 Å². The van der Waals surface area contributed by atoms with Crippen LogP contribution in [0.25, 0.3) is 0 Å². The van der Waals surface area contributed by atoms with E-state index in [0.29, 0.717) is 54.7 Å². The Kier molecular flexibility index (Phi) is 6.54. The molecule has 3 aliphatic rings. The highest BCUT2D eigenvalue weighted by atomic mass is 35.5. The molecule has 9 nitrogen and oxygen atoms in total. The first kappa shape index (κ1) is 24.1. The number of rotatable bonds is 8. The van der Waals surface area contributed by atoms with Crippen molar-refractivity contribution >= 4 is 33.3 Å². The van der Waals surface area contributed by atoms with Crippen molar-refractivity contribution < 1.29 is 27.8 Å². The highest BCUT2D eigenvalue weighted by Crippen LogP contribution is 2.45. The number of aliphatic hydroxyl groups is 1. The van der Waals surface area contributed by atoms with Gasteiger partial charge >= 0.3 is 0 Å². The number of carbonyl (C=O) groups is 1. The van der Waals surface area contributed by atoms with Crippen molar-refractivity contribution in [3.63, 3.8) is 0 Å². The van der Waals surface area contributed by atoms with Crippen LogP contribution in [0.2, 0.25) is 5.02 Å². The molecule has 0 unspecified atom stereocenters. The monoisotopic (exact) mass is 521 g/mol. The van der Waals surface area contributed by atoms with Crippen molar-refractivity contribution in [2.45, 2.75) is 67.8 Å². The first-order valence-electron chi connectivity index (χ1n) is 11.9. The molecule has 2 aliphatic carbocycles. The maximum atomic E-state index is 13.1. The van der Waals surface area contributed by atoms with Crippen LogP contribution in [0.15, 0.2) is 41.4 Å². The summed E-state index contributed by atoms with van der Waals surface area (Å²) in [4.78, 5) is 19.1. The largest absolute Gasteiger partial charge is 0.487 e. The molecule has 2 N–H and O–H groups in total. The fourth-order valence-electron chi connectivity index (χ4n) is 4.49. The van der Waals surface area contributed by atoms with Gasteiger partial charge in [0.05, 0.1) is 12.2 Å². The minimum atomic E-state index is -4.23. The molecule has 35 heavy (non-hydrogen) atoms. The van der Waals surface area contributed by atoms with Crippen LogP contribution in [0.3, 0.4) is 0 Å². The van der Waals surface area contributed by atoms with Crippen LogP contribution in [0.5, 0.6) is 11.5 Å². The molecule has 2 aromatic rings. The molecule has 3 fully saturated rings. The normalized spacial score (nSPS) is 21.7. The Morgan fingerprint density at radius 1 is 1.14 bits per heavy atom. The Morgan fingerprint density at radius 2 is 1.91 bits per heavy atom. The maximum absolute atomic E-state index is 13.1. The molecule has 5 rings (SSSR count). The number of sulfonamides is 1.